The number of benzene rings is 1. The van der Waals surface area contributed by atoms with E-state index in [1.54, 1.807) is 11.1 Å². The molecular weight excluding hydrogens is 254 g/mol. The average Bonchev–Trinajstić information content (AvgIpc) is 2.68. The minimum Gasteiger partial charge on any atom is -0.201 e. The molecule has 0 radical (unpaired) electrons. The molecule has 1 nitrogen and oxygen atoms in total. The topological polar surface area (TPSA) is 3.88 Å². The van der Waals surface area contributed by atoms with Crippen LogP contribution in [0.25, 0.3) is 11.3 Å². The molecule has 2 unspecified atom stereocenters. The van der Waals surface area contributed by atoms with Gasteiger partial charge in [-0.3, -0.25) is 0 Å². The molecule has 0 saturated carbocycles. The van der Waals surface area contributed by atoms with Gasteiger partial charge in [0.1, 0.15) is 7.05 Å². The highest BCUT2D eigenvalue weighted by Crippen LogP contribution is 2.43. The van der Waals surface area contributed by atoms with E-state index in [4.69, 9.17) is 0 Å². The Balaban J connectivity index is 2.21. The van der Waals surface area contributed by atoms with Crippen molar-refractivity contribution in [1.29, 1.82) is 0 Å². The van der Waals surface area contributed by atoms with Gasteiger partial charge in [0.05, 0.1) is 0 Å². The van der Waals surface area contributed by atoms with Gasteiger partial charge in [0, 0.05) is 17.2 Å². The lowest BCUT2D eigenvalue weighted by atomic mass is 9.93. The highest BCUT2D eigenvalue weighted by atomic mass is 14.9. The summed E-state index contributed by atoms with van der Waals surface area (Å²) < 4.78 is 2.26. The van der Waals surface area contributed by atoms with E-state index >= 15 is 0 Å². The average molecular weight is 280 g/mol. The summed E-state index contributed by atoms with van der Waals surface area (Å²) in [5.41, 5.74) is 9.95. The number of rotatable bonds is 1. The predicted octanol–water partition coefficient (Wildman–Crippen LogP) is 4.71. The largest absolute Gasteiger partial charge is 0.212 e. The van der Waals surface area contributed by atoms with Crippen molar-refractivity contribution in [2.45, 2.75) is 52.9 Å². The predicted molar refractivity (Wildman–Crippen MR) is 88.7 cm³/mol. The summed E-state index contributed by atoms with van der Waals surface area (Å²) in [6.45, 7) is 11.4. The Morgan fingerprint density at radius 1 is 0.857 bits per heavy atom. The van der Waals surface area contributed by atoms with E-state index in [0.717, 1.165) is 0 Å². The molecule has 0 N–H and O–H groups in total. The SMILES string of the molecule is Cc1cc(-c2cc3c(cc2C)C(C)CC3C)[n+](C)cc1C. The maximum Gasteiger partial charge on any atom is 0.212 e. The molecule has 110 valence electrons. The van der Waals surface area contributed by atoms with Crippen molar-refractivity contribution < 1.29 is 4.57 Å². The number of hydrogen-bond acceptors (Lipinski definition) is 0. The fraction of sp³-hybridized carbons (Fsp3) is 0.450. The summed E-state index contributed by atoms with van der Waals surface area (Å²) in [4.78, 5) is 0. The molecule has 21 heavy (non-hydrogen) atoms. The molecule has 0 bridgehead atoms. The Morgan fingerprint density at radius 3 is 2.14 bits per heavy atom. The fourth-order valence-corrected chi connectivity index (χ4v) is 3.81. The number of aromatic nitrogens is 1. The van der Waals surface area contributed by atoms with Crippen molar-refractivity contribution in [2.24, 2.45) is 7.05 Å². The summed E-state index contributed by atoms with van der Waals surface area (Å²) in [7, 11) is 2.15. The van der Waals surface area contributed by atoms with Gasteiger partial charge in [-0.2, -0.15) is 0 Å². The second kappa shape index (κ2) is 4.98. The number of fused-ring (bicyclic) bond motifs is 1. The minimum atomic E-state index is 0.686. The molecule has 2 aromatic rings. The highest BCUT2D eigenvalue weighted by molar-refractivity contribution is 5.65. The zero-order valence-electron chi connectivity index (χ0n) is 14.1. The van der Waals surface area contributed by atoms with Crippen molar-refractivity contribution in [3.8, 4) is 11.3 Å². The Morgan fingerprint density at radius 2 is 1.48 bits per heavy atom. The van der Waals surface area contributed by atoms with Crippen molar-refractivity contribution >= 4 is 0 Å². The van der Waals surface area contributed by atoms with Gasteiger partial charge < -0.3 is 0 Å². The number of aryl methyl sites for hydroxylation is 4. The van der Waals surface area contributed by atoms with Crippen LogP contribution in [0.3, 0.4) is 0 Å². The fourth-order valence-electron chi connectivity index (χ4n) is 3.81. The number of pyridine rings is 1. The van der Waals surface area contributed by atoms with E-state index in [1.807, 2.05) is 0 Å². The van der Waals surface area contributed by atoms with Crippen LogP contribution < -0.4 is 4.57 Å². The third-order valence-corrected chi connectivity index (χ3v) is 5.22. The molecule has 1 aromatic carbocycles. The zero-order chi connectivity index (χ0) is 15.3. The van der Waals surface area contributed by atoms with Crippen molar-refractivity contribution in [2.75, 3.05) is 0 Å². The molecule has 1 heteroatoms. The zero-order valence-corrected chi connectivity index (χ0v) is 14.1. The molecule has 1 aliphatic rings. The van der Waals surface area contributed by atoms with Crippen LogP contribution in [-0.2, 0) is 7.05 Å². The van der Waals surface area contributed by atoms with Gasteiger partial charge in [0.15, 0.2) is 6.20 Å². The summed E-state index contributed by atoms with van der Waals surface area (Å²) in [6, 6.07) is 7.20. The van der Waals surface area contributed by atoms with Crippen LogP contribution in [0.2, 0.25) is 0 Å². The van der Waals surface area contributed by atoms with E-state index in [9.17, 15) is 0 Å². The van der Waals surface area contributed by atoms with E-state index < -0.39 is 0 Å². The molecule has 0 aliphatic heterocycles. The second-order valence-electron chi connectivity index (χ2n) is 6.97. The van der Waals surface area contributed by atoms with E-state index in [0.29, 0.717) is 11.8 Å². The smallest absolute Gasteiger partial charge is 0.201 e. The Kier molecular flexibility index (Phi) is 3.39. The van der Waals surface area contributed by atoms with Crippen molar-refractivity contribution in [3.05, 3.63) is 52.2 Å². The summed E-state index contributed by atoms with van der Waals surface area (Å²) in [5.74, 6) is 1.39. The van der Waals surface area contributed by atoms with Crippen LogP contribution in [0.1, 0.15) is 59.9 Å². The van der Waals surface area contributed by atoms with Gasteiger partial charge in [-0.1, -0.05) is 19.9 Å². The normalized spacial score (nSPS) is 20.7. The van der Waals surface area contributed by atoms with E-state index in [2.05, 4.69) is 70.6 Å². The molecule has 0 fully saturated rings. The Labute approximate surface area is 128 Å². The molecule has 1 aromatic heterocycles. The van der Waals surface area contributed by atoms with Crippen LogP contribution in [0, 0.1) is 20.8 Å². The summed E-state index contributed by atoms with van der Waals surface area (Å²) >= 11 is 0. The lowest BCUT2D eigenvalue weighted by molar-refractivity contribution is -0.660. The molecular formula is C20H26N+. The maximum absolute atomic E-state index is 2.45. The lowest BCUT2D eigenvalue weighted by Gasteiger charge is -2.12. The third-order valence-electron chi connectivity index (χ3n) is 5.22. The van der Waals surface area contributed by atoms with Gasteiger partial charge in [0.2, 0.25) is 5.69 Å². The molecule has 1 aliphatic carbocycles. The van der Waals surface area contributed by atoms with Gasteiger partial charge in [0.25, 0.3) is 0 Å². The molecule has 0 spiro atoms. The first-order valence-electron chi connectivity index (χ1n) is 8.00. The highest BCUT2D eigenvalue weighted by Gasteiger charge is 2.27. The van der Waals surface area contributed by atoms with E-state index in [-0.39, 0.29) is 0 Å². The Hall–Kier alpha value is -1.63. The first-order valence-corrected chi connectivity index (χ1v) is 8.00. The molecule has 1 heterocycles. The Bertz CT molecular complexity index is 712. The van der Waals surface area contributed by atoms with Gasteiger partial charge in [-0.15, -0.1) is 0 Å². The van der Waals surface area contributed by atoms with Crippen LogP contribution in [0.15, 0.2) is 24.4 Å². The third kappa shape index (κ3) is 2.29. The monoisotopic (exact) mass is 280 g/mol. The number of nitrogens with zero attached hydrogens (tertiary/aromatic N) is 1. The number of hydrogen-bond donors (Lipinski definition) is 0. The molecule has 0 saturated heterocycles. The van der Waals surface area contributed by atoms with Crippen molar-refractivity contribution in [3.63, 3.8) is 0 Å². The quantitative estimate of drug-likeness (QED) is 0.666. The second-order valence-corrected chi connectivity index (χ2v) is 6.97. The van der Waals surface area contributed by atoms with Gasteiger partial charge in [-0.25, -0.2) is 4.57 Å². The first kappa shape index (κ1) is 14.3. The van der Waals surface area contributed by atoms with Crippen LogP contribution >= 0.6 is 0 Å². The van der Waals surface area contributed by atoms with E-state index in [1.165, 1.54) is 34.4 Å². The maximum atomic E-state index is 2.45. The first-order chi connectivity index (χ1) is 9.88. The lowest BCUT2D eigenvalue weighted by Crippen LogP contribution is -2.31. The molecule has 2 atom stereocenters. The van der Waals surface area contributed by atoms with Crippen LogP contribution in [0.4, 0.5) is 0 Å². The van der Waals surface area contributed by atoms with Gasteiger partial charge >= 0.3 is 0 Å². The molecule has 3 rings (SSSR count). The van der Waals surface area contributed by atoms with Crippen LogP contribution in [-0.4, -0.2) is 0 Å². The standard InChI is InChI=1S/C20H26N/c1-12-9-20(21(6)11-16(12)5)19-10-18-14(3)7-13(2)17(18)8-15(19)4/h8-11,13-14H,7H2,1-6H3/q+1. The summed E-state index contributed by atoms with van der Waals surface area (Å²) in [5, 5.41) is 0. The van der Waals surface area contributed by atoms with Crippen LogP contribution in [0.5, 0.6) is 0 Å². The van der Waals surface area contributed by atoms with Gasteiger partial charge in [-0.05, 0) is 67.3 Å². The van der Waals surface area contributed by atoms with Crippen molar-refractivity contribution in [1.82, 2.24) is 0 Å². The summed E-state index contributed by atoms with van der Waals surface area (Å²) in [6.07, 6.45) is 3.53. The molecule has 0 amide bonds. The minimum absolute atomic E-state index is 0.686.